The number of amides is 1. The Morgan fingerprint density at radius 3 is 2.63 bits per heavy atom. The molecule has 0 atom stereocenters. The summed E-state index contributed by atoms with van der Waals surface area (Å²) in [4.78, 5) is 12.3. The van der Waals surface area contributed by atoms with Gasteiger partial charge in [-0.3, -0.25) is 4.79 Å². The maximum absolute atomic E-state index is 12.3. The topological polar surface area (TPSA) is 91.6 Å². The van der Waals surface area contributed by atoms with Gasteiger partial charge < -0.3 is 19.9 Å². The number of halogens is 1. The number of nitriles is 1. The van der Waals surface area contributed by atoms with Crippen LogP contribution in [0.2, 0.25) is 0 Å². The maximum Gasteiger partial charge on any atom is 0.262 e. The second kappa shape index (κ2) is 9.64. The number of phenolic OH excluding ortho intramolecular Hbond substituents is 1. The van der Waals surface area contributed by atoms with Crippen LogP contribution in [-0.2, 0) is 11.3 Å². The van der Waals surface area contributed by atoms with E-state index in [9.17, 15) is 15.2 Å². The van der Waals surface area contributed by atoms with Crippen molar-refractivity contribution in [1.82, 2.24) is 5.32 Å². The summed E-state index contributed by atoms with van der Waals surface area (Å²) in [6, 6.07) is 12.2. The Bertz CT molecular complexity index is 886. The number of rotatable bonds is 7. The van der Waals surface area contributed by atoms with E-state index in [0.29, 0.717) is 16.6 Å². The molecule has 1 amide bonds. The minimum Gasteiger partial charge on any atom is -0.504 e. The number of carbonyl (C=O) groups is 1. The smallest absolute Gasteiger partial charge is 0.262 e. The van der Waals surface area contributed by atoms with E-state index in [1.54, 1.807) is 32.2 Å². The van der Waals surface area contributed by atoms with E-state index in [1.165, 1.54) is 12.1 Å². The molecule has 2 aromatic carbocycles. The fraction of sp³-hybridized carbons (Fsp3) is 0.200. The van der Waals surface area contributed by atoms with Crippen LogP contribution in [0.25, 0.3) is 6.08 Å². The minimum atomic E-state index is -0.494. The molecule has 0 fully saturated rings. The van der Waals surface area contributed by atoms with E-state index in [2.05, 4.69) is 21.2 Å². The lowest BCUT2D eigenvalue weighted by Gasteiger charge is -2.09. The zero-order valence-corrected chi connectivity index (χ0v) is 16.5. The Hall–Kier alpha value is -2.98. The molecule has 0 saturated carbocycles. The molecule has 27 heavy (non-hydrogen) atoms. The van der Waals surface area contributed by atoms with Crippen LogP contribution >= 0.6 is 15.9 Å². The highest BCUT2D eigenvalue weighted by Gasteiger charge is 2.12. The summed E-state index contributed by atoms with van der Waals surface area (Å²) in [6.45, 7) is 2.46. The highest BCUT2D eigenvalue weighted by atomic mass is 79.9. The van der Waals surface area contributed by atoms with Gasteiger partial charge >= 0.3 is 0 Å². The van der Waals surface area contributed by atoms with Crippen molar-refractivity contribution >= 4 is 27.9 Å². The highest BCUT2D eigenvalue weighted by Crippen LogP contribution is 2.33. The summed E-state index contributed by atoms with van der Waals surface area (Å²) in [6.07, 6.45) is 1.44. The van der Waals surface area contributed by atoms with Crippen LogP contribution in [0.3, 0.4) is 0 Å². The average Bonchev–Trinajstić information content (AvgIpc) is 2.67. The molecule has 2 N–H and O–H groups in total. The molecule has 2 rings (SSSR count). The van der Waals surface area contributed by atoms with E-state index < -0.39 is 5.91 Å². The summed E-state index contributed by atoms with van der Waals surface area (Å²) in [7, 11) is 1.58. The number of nitrogens with one attached hydrogen (secondary N) is 1. The quantitative estimate of drug-likeness (QED) is 0.514. The lowest BCUT2D eigenvalue weighted by atomic mass is 10.1. The second-order valence-corrected chi connectivity index (χ2v) is 6.33. The lowest BCUT2D eigenvalue weighted by Crippen LogP contribution is -2.23. The molecule has 0 unspecified atom stereocenters. The van der Waals surface area contributed by atoms with E-state index in [0.717, 1.165) is 11.3 Å². The van der Waals surface area contributed by atoms with Gasteiger partial charge in [0.2, 0.25) is 0 Å². The third-order valence-electron chi connectivity index (χ3n) is 3.66. The third-order valence-corrected chi connectivity index (χ3v) is 4.34. The Morgan fingerprint density at radius 1 is 1.33 bits per heavy atom. The Morgan fingerprint density at radius 2 is 2.04 bits per heavy atom. The fourth-order valence-corrected chi connectivity index (χ4v) is 2.71. The third kappa shape index (κ3) is 5.50. The van der Waals surface area contributed by atoms with Gasteiger partial charge in [-0.1, -0.05) is 28.1 Å². The number of phenols is 1. The first-order chi connectivity index (χ1) is 13.0. The van der Waals surface area contributed by atoms with Gasteiger partial charge in [0.1, 0.15) is 17.4 Å². The predicted molar refractivity (Wildman–Crippen MR) is 105 cm³/mol. The SMILES string of the molecule is CCOc1cc(/C=C(/C#N)C(=O)NCc2ccc(OC)cc2)c(Br)cc1O. The van der Waals surface area contributed by atoms with Gasteiger partial charge in [0.25, 0.3) is 5.91 Å². The van der Waals surface area contributed by atoms with Gasteiger partial charge in [-0.05, 0) is 48.4 Å². The van der Waals surface area contributed by atoms with Crippen molar-refractivity contribution in [2.75, 3.05) is 13.7 Å². The normalized spacial score (nSPS) is 10.8. The summed E-state index contributed by atoms with van der Waals surface area (Å²) in [5.74, 6) is 0.488. The average molecular weight is 431 g/mol. The first-order valence-corrected chi connectivity index (χ1v) is 8.96. The van der Waals surface area contributed by atoms with Crippen LogP contribution in [0, 0.1) is 11.3 Å². The molecule has 7 heteroatoms. The molecule has 0 bridgehead atoms. The number of carbonyl (C=O) groups excluding carboxylic acids is 1. The Labute approximate surface area is 166 Å². The number of hydrogen-bond donors (Lipinski definition) is 2. The summed E-state index contributed by atoms with van der Waals surface area (Å²) >= 11 is 3.32. The first-order valence-electron chi connectivity index (χ1n) is 8.16. The monoisotopic (exact) mass is 430 g/mol. The van der Waals surface area contributed by atoms with E-state index >= 15 is 0 Å². The first kappa shape index (κ1) is 20.3. The molecule has 2 aromatic rings. The van der Waals surface area contributed by atoms with Gasteiger partial charge in [-0.2, -0.15) is 5.26 Å². The molecule has 140 valence electrons. The van der Waals surface area contributed by atoms with Gasteiger partial charge in [0.15, 0.2) is 11.5 Å². The Balaban J connectivity index is 2.16. The molecule has 0 aliphatic heterocycles. The molecule has 0 heterocycles. The fourth-order valence-electron chi connectivity index (χ4n) is 2.27. The largest absolute Gasteiger partial charge is 0.504 e. The van der Waals surface area contributed by atoms with Gasteiger partial charge in [0.05, 0.1) is 13.7 Å². The van der Waals surface area contributed by atoms with Crippen molar-refractivity contribution in [1.29, 1.82) is 5.26 Å². The molecule has 0 saturated heterocycles. The maximum atomic E-state index is 12.3. The van der Waals surface area contributed by atoms with Gasteiger partial charge in [-0.25, -0.2) is 0 Å². The molecule has 0 spiro atoms. The number of nitrogens with zero attached hydrogens (tertiary/aromatic N) is 1. The van der Waals surface area contributed by atoms with Crippen LogP contribution in [0.15, 0.2) is 46.4 Å². The summed E-state index contributed by atoms with van der Waals surface area (Å²) < 4.78 is 11.0. The standard InChI is InChI=1S/C20H19BrN2O4/c1-3-27-19-9-14(17(21)10-18(19)24)8-15(11-22)20(25)23-12-13-4-6-16(26-2)7-5-13/h4-10,24H,3,12H2,1-2H3,(H,23,25)/b15-8-. The summed E-state index contributed by atoms with van der Waals surface area (Å²) in [5, 5.41) is 21.9. The molecule has 6 nitrogen and oxygen atoms in total. The van der Waals surface area contributed by atoms with Crippen LogP contribution in [0.1, 0.15) is 18.1 Å². The molecule has 0 radical (unpaired) electrons. The molecular formula is C20H19BrN2O4. The lowest BCUT2D eigenvalue weighted by molar-refractivity contribution is -0.117. The molecule has 0 aliphatic carbocycles. The van der Waals surface area contributed by atoms with E-state index in [-0.39, 0.29) is 23.6 Å². The van der Waals surface area contributed by atoms with Gasteiger partial charge in [0, 0.05) is 11.0 Å². The van der Waals surface area contributed by atoms with Gasteiger partial charge in [-0.15, -0.1) is 0 Å². The van der Waals surface area contributed by atoms with Crippen LogP contribution in [0.5, 0.6) is 17.2 Å². The van der Waals surface area contributed by atoms with Crippen LogP contribution in [-0.4, -0.2) is 24.7 Å². The van der Waals surface area contributed by atoms with Crippen molar-refractivity contribution < 1.29 is 19.4 Å². The highest BCUT2D eigenvalue weighted by molar-refractivity contribution is 9.10. The minimum absolute atomic E-state index is 0.0247. The van der Waals surface area contributed by atoms with E-state index in [4.69, 9.17) is 9.47 Å². The summed E-state index contributed by atoms with van der Waals surface area (Å²) in [5.41, 5.74) is 1.37. The van der Waals surface area contributed by atoms with Crippen LogP contribution < -0.4 is 14.8 Å². The number of methoxy groups -OCH3 is 1. The van der Waals surface area contributed by atoms with Crippen LogP contribution in [0.4, 0.5) is 0 Å². The zero-order chi connectivity index (χ0) is 19.8. The van der Waals surface area contributed by atoms with Crippen molar-refractivity contribution in [2.45, 2.75) is 13.5 Å². The molecular weight excluding hydrogens is 412 g/mol. The molecule has 0 aliphatic rings. The number of hydrogen-bond acceptors (Lipinski definition) is 5. The van der Waals surface area contributed by atoms with E-state index in [1.807, 2.05) is 18.2 Å². The Kier molecular flexibility index (Phi) is 7.26. The van der Waals surface area contributed by atoms with Crippen molar-refractivity contribution in [3.8, 4) is 23.3 Å². The van der Waals surface area contributed by atoms with Crippen molar-refractivity contribution in [3.63, 3.8) is 0 Å². The molecule has 0 aromatic heterocycles. The number of ether oxygens (including phenoxy) is 2. The zero-order valence-electron chi connectivity index (χ0n) is 15.0. The number of aromatic hydroxyl groups is 1. The number of benzene rings is 2. The predicted octanol–water partition coefficient (Wildman–Crippen LogP) is 3.79. The van der Waals surface area contributed by atoms with Crippen molar-refractivity contribution in [2.24, 2.45) is 0 Å². The van der Waals surface area contributed by atoms with Crippen molar-refractivity contribution in [3.05, 3.63) is 57.6 Å². The second-order valence-electron chi connectivity index (χ2n) is 5.48.